The highest BCUT2D eigenvalue weighted by molar-refractivity contribution is 5.43. The molecule has 0 aliphatic heterocycles. The third kappa shape index (κ3) is 3.85. The zero-order valence-electron chi connectivity index (χ0n) is 9.56. The lowest BCUT2D eigenvalue weighted by atomic mass is 10.3. The summed E-state index contributed by atoms with van der Waals surface area (Å²) in [5.41, 5.74) is 6.36. The van der Waals surface area contributed by atoms with Crippen LogP contribution in [0.5, 0.6) is 5.75 Å². The van der Waals surface area contributed by atoms with E-state index in [1.54, 1.807) is 6.26 Å². The van der Waals surface area contributed by atoms with Crippen molar-refractivity contribution in [2.45, 2.75) is 6.54 Å². The number of furan rings is 1. The smallest absolute Gasteiger partial charge is 0.121 e. The van der Waals surface area contributed by atoms with Gasteiger partial charge in [0, 0.05) is 18.3 Å². The van der Waals surface area contributed by atoms with E-state index in [2.05, 4.69) is 5.32 Å². The molecule has 2 rings (SSSR count). The van der Waals surface area contributed by atoms with Crippen molar-refractivity contribution < 1.29 is 9.15 Å². The van der Waals surface area contributed by atoms with Crippen molar-refractivity contribution >= 4 is 5.69 Å². The molecular weight excluding hydrogens is 216 g/mol. The third-order valence-corrected chi connectivity index (χ3v) is 2.28. The van der Waals surface area contributed by atoms with Crippen LogP contribution in [0.15, 0.2) is 47.1 Å². The molecule has 3 N–H and O–H groups in total. The summed E-state index contributed by atoms with van der Waals surface area (Å²) >= 11 is 0. The molecular formula is C13H16N2O2. The van der Waals surface area contributed by atoms with Gasteiger partial charge in [-0.15, -0.1) is 0 Å². The zero-order valence-corrected chi connectivity index (χ0v) is 9.56. The molecule has 4 nitrogen and oxygen atoms in total. The Morgan fingerprint density at radius 2 is 2.18 bits per heavy atom. The Morgan fingerprint density at radius 3 is 2.94 bits per heavy atom. The van der Waals surface area contributed by atoms with E-state index in [9.17, 15) is 0 Å². The molecule has 90 valence electrons. The van der Waals surface area contributed by atoms with Crippen LogP contribution in [-0.4, -0.2) is 13.2 Å². The molecule has 0 unspecified atom stereocenters. The second-order valence-corrected chi connectivity index (χ2v) is 3.68. The Kier molecular flexibility index (Phi) is 4.05. The summed E-state index contributed by atoms with van der Waals surface area (Å²) in [4.78, 5) is 0. The van der Waals surface area contributed by atoms with Crippen molar-refractivity contribution in [3.05, 3.63) is 48.4 Å². The molecule has 0 fully saturated rings. The maximum absolute atomic E-state index is 5.65. The Bertz CT molecular complexity index is 440. The number of nitrogens with one attached hydrogen (secondary N) is 1. The van der Waals surface area contributed by atoms with Gasteiger partial charge in [0.25, 0.3) is 0 Å². The van der Waals surface area contributed by atoms with Gasteiger partial charge < -0.3 is 20.2 Å². The number of hydrogen-bond donors (Lipinski definition) is 2. The van der Waals surface area contributed by atoms with E-state index in [1.807, 2.05) is 36.4 Å². The van der Waals surface area contributed by atoms with Crippen LogP contribution >= 0.6 is 0 Å². The Morgan fingerprint density at radius 1 is 1.24 bits per heavy atom. The van der Waals surface area contributed by atoms with Gasteiger partial charge in [0.2, 0.25) is 0 Å². The van der Waals surface area contributed by atoms with Crippen molar-refractivity contribution in [3.8, 4) is 5.75 Å². The minimum atomic E-state index is 0.601. The number of benzene rings is 1. The van der Waals surface area contributed by atoms with E-state index in [1.165, 1.54) is 0 Å². The number of nitrogen functional groups attached to an aromatic ring is 1. The molecule has 0 saturated heterocycles. The first-order valence-electron chi connectivity index (χ1n) is 5.56. The van der Waals surface area contributed by atoms with Gasteiger partial charge in [-0.05, 0) is 24.3 Å². The molecule has 0 aliphatic rings. The van der Waals surface area contributed by atoms with E-state index in [0.717, 1.165) is 18.1 Å². The number of hydrogen-bond acceptors (Lipinski definition) is 4. The second kappa shape index (κ2) is 5.96. The molecule has 17 heavy (non-hydrogen) atoms. The first-order valence-corrected chi connectivity index (χ1v) is 5.56. The molecule has 0 amide bonds. The summed E-state index contributed by atoms with van der Waals surface area (Å²) in [5.74, 6) is 1.72. The average molecular weight is 232 g/mol. The van der Waals surface area contributed by atoms with Crippen LogP contribution in [-0.2, 0) is 6.54 Å². The highest BCUT2D eigenvalue weighted by Gasteiger charge is 1.96. The van der Waals surface area contributed by atoms with Crippen LogP contribution in [0.25, 0.3) is 0 Å². The fraction of sp³-hybridized carbons (Fsp3) is 0.231. The van der Waals surface area contributed by atoms with Gasteiger partial charge in [-0.2, -0.15) is 0 Å². The second-order valence-electron chi connectivity index (χ2n) is 3.68. The summed E-state index contributed by atoms with van der Waals surface area (Å²) in [6, 6.07) is 11.2. The highest BCUT2D eigenvalue weighted by atomic mass is 16.5. The lowest BCUT2D eigenvalue weighted by molar-refractivity contribution is 0.311. The van der Waals surface area contributed by atoms with Gasteiger partial charge in [-0.25, -0.2) is 0 Å². The van der Waals surface area contributed by atoms with Gasteiger partial charge in [0.1, 0.15) is 18.1 Å². The van der Waals surface area contributed by atoms with E-state index >= 15 is 0 Å². The molecule has 0 atom stereocenters. The van der Waals surface area contributed by atoms with Crippen LogP contribution in [0.2, 0.25) is 0 Å². The van der Waals surface area contributed by atoms with E-state index in [4.69, 9.17) is 14.9 Å². The quantitative estimate of drug-likeness (QED) is 0.591. The van der Waals surface area contributed by atoms with Gasteiger partial charge in [0.05, 0.1) is 12.8 Å². The minimum absolute atomic E-state index is 0.601. The van der Waals surface area contributed by atoms with Crippen molar-refractivity contribution in [3.63, 3.8) is 0 Å². The molecule has 1 aromatic carbocycles. The third-order valence-electron chi connectivity index (χ3n) is 2.28. The van der Waals surface area contributed by atoms with E-state index in [-0.39, 0.29) is 0 Å². The highest BCUT2D eigenvalue weighted by Crippen LogP contribution is 2.13. The van der Waals surface area contributed by atoms with Gasteiger partial charge in [-0.1, -0.05) is 6.07 Å². The predicted octanol–water partition coefficient (Wildman–Crippen LogP) is 2.03. The average Bonchev–Trinajstić information content (AvgIpc) is 2.82. The summed E-state index contributed by atoms with van der Waals surface area (Å²) in [6.07, 6.45) is 1.67. The van der Waals surface area contributed by atoms with Crippen LogP contribution in [0.3, 0.4) is 0 Å². The van der Waals surface area contributed by atoms with Crippen LogP contribution < -0.4 is 15.8 Å². The summed E-state index contributed by atoms with van der Waals surface area (Å²) < 4.78 is 10.7. The monoisotopic (exact) mass is 232 g/mol. The maximum atomic E-state index is 5.65. The largest absolute Gasteiger partial charge is 0.492 e. The molecule has 1 aromatic heterocycles. The van der Waals surface area contributed by atoms with Gasteiger partial charge in [-0.3, -0.25) is 0 Å². The van der Waals surface area contributed by atoms with Crippen LogP contribution in [0, 0.1) is 0 Å². The fourth-order valence-electron chi connectivity index (χ4n) is 1.47. The maximum Gasteiger partial charge on any atom is 0.121 e. The lowest BCUT2D eigenvalue weighted by Gasteiger charge is -2.07. The van der Waals surface area contributed by atoms with Crippen molar-refractivity contribution in [2.24, 2.45) is 0 Å². The van der Waals surface area contributed by atoms with Crippen LogP contribution in [0.4, 0.5) is 5.69 Å². The Balaban J connectivity index is 1.63. The van der Waals surface area contributed by atoms with Gasteiger partial charge in [0.15, 0.2) is 0 Å². The summed E-state index contributed by atoms with van der Waals surface area (Å²) in [5, 5.41) is 3.22. The molecule has 0 spiro atoms. The summed E-state index contributed by atoms with van der Waals surface area (Å²) in [6.45, 7) is 2.08. The topological polar surface area (TPSA) is 60.4 Å². The molecule has 4 heteroatoms. The van der Waals surface area contributed by atoms with Crippen molar-refractivity contribution in [1.82, 2.24) is 5.32 Å². The fourth-order valence-corrected chi connectivity index (χ4v) is 1.47. The van der Waals surface area contributed by atoms with Gasteiger partial charge >= 0.3 is 0 Å². The lowest BCUT2D eigenvalue weighted by Crippen LogP contribution is -2.20. The number of ether oxygens (including phenoxy) is 1. The van der Waals surface area contributed by atoms with Crippen molar-refractivity contribution in [1.29, 1.82) is 0 Å². The standard InChI is InChI=1S/C13H16N2O2/c14-11-3-1-4-12(9-11)17-8-6-15-10-13-5-2-7-16-13/h1-5,7,9,15H,6,8,10,14H2. The Labute approximate surface area is 100 Å². The van der Waals surface area contributed by atoms with E-state index in [0.29, 0.717) is 18.8 Å². The first-order chi connectivity index (χ1) is 8.34. The molecule has 2 aromatic rings. The Hall–Kier alpha value is -1.94. The predicted molar refractivity (Wildman–Crippen MR) is 66.8 cm³/mol. The minimum Gasteiger partial charge on any atom is -0.492 e. The SMILES string of the molecule is Nc1cccc(OCCNCc2ccco2)c1. The molecule has 0 bridgehead atoms. The number of anilines is 1. The zero-order chi connectivity index (χ0) is 11.9. The summed E-state index contributed by atoms with van der Waals surface area (Å²) in [7, 11) is 0. The van der Waals surface area contributed by atoms with Crippen LogP contribution in [0.1, 0.15) is 5.76 Å². The first kappa shape index (κ1) is 11.5. The molecule has 0 aliphatic carbocycles. The number of rotatable bonds is 6. The van der Waals surface area contributed by atoms with Crippen molar-refractivity contribution in [2.75, 3.05) is 18.9 Å². The number of nitrogens with two attached hydrogens (primary N) is 1. The van der Waals surface area contributed by atoms with E-state index < -0.39 is 0 Å². The molecule has 0 saturated carbocycles. The normalized spacial score (nSPS) is 10.4. The molecule has 1 heterocycles. The molecule has 0 radical (unpaired) electrons.